The molecule has 14 heteroatoms. The van der Waals surface area contributed by atoms with Crippen molar-refractivity contribution in [3.8, 4) is 0 Å². The second-order valence-corrected chi connectivity index (χ2v) is 18.1. The minimum atomic E-state index is -4.18. The number of carbonyl (C=O) groups is 4. The molecule has 0 bridgehead atoms. The molecule has 1 saturated heterocycles. The third-order valence-electron chi connectivity index (χ3n) is 12.1. The van der Waals surface area contributed by atoms with E-state index in [0.29, 0.717) is 31.5 Å². The van der Waals surface area contributed by atoms with Crippen molar-refractivity contribution in [2.24, 2.45) is 23.7 Å². The first-order valence-corrected chi connectivity index (χ1v) is 21.5. The smallest absolute Gasteiger partial charge is 0.264 e. The van der Waals surface area contributed by atoms with Crippen molar-refractivity contribution in [3.63, 3.8) is 0 Å². The van der Waals surface area contributed by atoms with Gasteiger partial charge in [0, 0.05) is 51.3 Å². The Kier molecular flexibility index (Phi) is 17.3. The van der Waals surface area contributed by atoms with E-state index in [1.54, 1.807) is 30.8 Å². The largest absolute Gasteiger partial charge is 0.399 e. The van der Waals surface area contributed by atoms with Crippen molar-refractivity contribution in [3.05, 3.63) is 60.2 Å². The molecule has 0 saturated carbocycles. The minimum absolute atomic E-state index is 0.0411. The topological polar surface area (TPSA) is 177 Å². The fraction of sp³-hybridized carbons (Fsp3) is 0.628. The SMILES string of the molecule is CC[C@H](C)[C@@H]([C@@H](CC(=O)N1CCC[C@H]1[C@H](OC)[C@@H](C)C(=O)NS(=O)(=O)c1ccc(N)cc1)OC)N(C)C(=O)[C@@H](CC(=O)[C@@H](NC)C(C)(C)c1ccccc1)C(C)C. The Bertz CT molecular complexity index is 1750. The van der Waals surface area contributed by atoms with Gasteiger partial charge in [0.1, 0.15) is 0 Å². The van der Waals surface area contributed by atoms with Crippen LogP contribution in [0.1, 0.15) is 86.1 Å². The average molecular weight is 814 g/mol. The molecule has 1 heterocycles. The maximum absolute atomic E-state index is 14.5. The van der Waals surface area contributed by atoms with Crippen molar-refractivity contribution in [2.45, 2.75) is 121 Å². The Morgan fingerprint density at radius 3 is 2.11 bits per heavy atom. The number of carbonyl (C=O) groups excluding carboxylic acids is 4. The van der Waals surface area contributed by atoms with E-state index in [9.17, 15) is 27.6 Å². The lowest BCUT2D eigenvalue weighted by Gasteiger charge is -2.41. The van der Waals surface area contributed by atoms with E-state index in [-0.39, 0.29) is 47.2 Å². The van der Waals surface area contributed by atoms with Gasteiger partial charge in [0.2, 0.25) is 17.7 Å². The first-order chi connectivity index (χ1) is 26.8. The molecular weight excluding hydrogens is 747 g/mol. The van der Waals surface area contributed by atoms with Crippen LogP contribution < -0.4 is 15.8 Å². The summed E-state index contributed by atoms with van der Waals surface area (Å²) in [6.07, 6.45) is 0.451. The molecule has 1 aliphatic heterocycles. The predicted molar refractivity (Wildman–Crippen MR) is 223 cm³/mol. The number of ether oxygens (including phenoxy) is 2. The number of hydrogen-bond acceptors (Lipinski definition) is 10. The summed E-state index contributed by atoms with van der Waals surface area (Å²) in [4.78, 5) is 59.4. The predicted octanol–water partition coefficient (Wildman–Crippen LogP) is 4.79. The van der Waals surface area contributed by atoms with E-state index in [0.717, 1.165) is 5.56 Å². The third-order valence-corrected chi connectivity index (χ3v) is 13.4. The summed E-state index contributed by atoms with van der Waals surface area (Å²) in [7, 11) is 2.31. The summed E-state index contributed by atoms with van der Waals surface area (Å²) in [5.74, 6) is -2.95. The van der Waals surface area contributed by atoms with Gasteiger partial charge in [-0.05, 0) is 61.6 Å². The van der Waals surface area contributed by atoms with Crippen LogP contribution in [0.3, 0.4) is 0 Å². The van der Waals surface area contributed by atoms with Gasteiger partial charge in [0.15, 0.2) is 5.78 Å². The lowest BCUT2D eigenvalue weighted by atomic mass is 9.74. The number of nitrogens with one attached hydrogen (secondary N) is 2. The van der Waals surface area contributed by atoms with Crippen LogP contribution in [-0.4, -0.2) is 107 Å². The van der Waals surface area contributed by atoms with E-state index in [1.165, 1.54) is 38.5 Å². The van der Waals surface area contributed by atoms with Crippen LogP contribution >= 0.6 is 0 Å². The lowest BCUT2D eigenvalue weighted by molar-refractivity contribution is -0.149. The van der Waals surface area contributed by atoms with Crippen LogP contribution in [0, 0.1) is 23.7 Å². The molecule has 2 aromatic carbocycles. The van der Waals surface area contributed by atoms with Crippen molar-refractivity contribution in [1.29, 1.82) is 0 Å². The summed E-state index contributed by atoms with van der Waals surface area (Å²) in [6.45, 7) is 14.0. The Morgan fingerprint density at radius 2 is 1.58 bits per heavy atom. The van der Waals surface area contributed by atoms with E-state index in [1.807, 2.05) is 71.9 Å². The maximum atomic E-state index is 14.5. The van der Waals surface area contributed by atoms with Crippen molar-refractivity contribution < 1.29 is 37.1 Å². The first kappa shape index (κ1) is 47.5. The van der Waals surface area contributed by atoms with Gasteiger partial charge in [-0.1, -0.05) is 85.2 Å². The molecule has 3 rings (SSSR count). The number of nitrogen functional groups attached to an aromatic ring is 1. The number of likely N-dealkylation sites (tertiary alicyclic amines) is 1. The number of methoxy groups -OCH3 is 2. The number of hydrogen-bond donors (Lipinski definition) is 3. The number of sulfonamides is 1. The van der Waals surface area contributed by atoms with E-state index < -0.39 is 63.5 Å². The number of nitrogens with zero attached hydrogens (tertiary/aromatic N) is 2. The molecule has 3 amide bonds. The highest BCUT2D eigenvalue weighted by molar-refractivity contribution is 7.90. The second-order valence-electron chi connectivity index (χ2n) is 16.5. The van der Waals surface area contributed by atoms with E-state index in [4.69, 9.17) is 15.2 Å². The van der Waals surface area contributed by atoms with Crippen LogP contribution in [0.2, 0.25) is 0 Å². The molecule has 2 aromatic rings. The Hall–Kier alpha value is -3.85. The normalized spacial score (nSPS) is 18.6. The van der Waals surface area contributed by atoms with Gasteiger partial charge < -0.3 is 30.3 Å². The Morgan fingerprint density at radius 1 is 0.965 bits per heavy atom. The van der Waals surface area contributed by atoms with E-state index >= 15 is 0 Å². The van der Waals surface area contributed by atoms with E-state index in [2.05, 4.69) is 10.0 Å². The van der Waals surface area contributed by atoms with Crippen LogP contribution in [-0.2, 0) is 44.1 Å². The summed E-state index contributed by atoms with van der Waals surface area (Å²) in [6, 6.07) is 13.9. The number of ketones is 1. The van der Waals surface area contributed by atoms with Gasteiger partial charge >= 0.3 is 0 Å². The van der Waals surface area contributed by atoms with Crippen LogP contribution in [0.15, 0.2) is 59.5 Å². The molecule has 318 valence electrons. The molecule has 57 heavy (non-hydrogen) atoms. The maximum Gasteiger partial charge on any atom is 0.264 e. The number of rotatable bonds is 21. The minimum Gasteiger partial charge on any atom is -0.399 e. The Labute approximate surface area is 340 Å². The molecule has 4 N–H and O–H groups in total. The highest BCUT2D eigenvalue weighted by Gasteiger charge is 2.44. The monoisotopic (exact) mass is 813 g/mol. The van der Waals surface area contributed by atoms with Gasteiger partial charge in [-0.2, -0.15) is 0 Å². The quantitative estimate of drug-likeness (QED) is 0.149. The zero-order chi connectivity index (χ0) is 42.8. The molecule has 0 aromatic heterocycles. The zero-order valence-corrected chi connectivity index (χ0v) is 36.6. The van der Waals surface area contributed by atoms with Gasteiger partial charge in [-0.3, -0.25) is 19.2 Å². The van der Waals surface area contributed by atoms with Gasteiger partial charge in [-0.25, -0.2) is 13.1 Å². The number of Topliss-reactive ketones (excluding diaryl/α,β-unsaturated/α-hetero) is 1. The van der Waals surface area contributed by atoms with Gasteiger partial charge in [0.25, 0.3) is 10.0 Å². The van der Waals surface area contributed by atoms with Gasteiger partial charge in [0.05, 0.1) is 47.6 Å². The van der Waals surface area contributed by atoms with Crippen LogP contribution in [0.4, 0.5) is 5.69 Å². The average Bonchev–Trinajstić information content (AvgIpc) is 3.66. The summed E-state index contributed by atoms with van der Waals surface area (Å²) in [5.41, 5.74) is 6.57. The highest BCUT2D eigenvalue weighted by atomic mass is 32.2. The Balaban J connectivity index is 1.81. The fourth-order valence-corrected chi connectivity index (χ4v) is 9.46. The first-order valence-electron chi connectivity index (χ1n) is 20.1. The number of likely N-dealkylation sites (N-methyl/N-ethyl adjacent to an activating group) is 2. The number of benzene rings is 2. The standard InChI is InChI=1S/C43H67N5O8S/c1-12-28(4)38(47(9)42(52)33(27(2)3)25-35(49)40(45-8)43(6,7)30-17-14-13-15-18-30)36(55-10)26-37(50)48-24-16-19-34(48)39(56-11)29(5)41(51)46-57(53,54)32-22-20-31(44)21-23-32/h13-15,17-18,20-23,27-29,33-34,36,38-40,45H,12,16,19,24-26,44H2,1-11H3,(H,46,51)/t28-,29+,33-,34-,36+,38-,39+,40+/m0/s1. The lowest BCUT2D eigenvalue weighted by Crippen LogP contribution is -2.55. The zero-order valence-electron chi connectivity index (χ0n) is 35.8. The molecule has 13 nitrogen and oxygen atoms in total. The van der Waals surface area contributed by atoms with Crippen molar-refractivity contribution in [1.82, 2.24) is 19.8 Å². The summed E-state index contributed by atoms with van der Waals surface area (Å²) in [5, 5.41) is 3.23. The molecule has 8 atom stereocenters. The number of nitrogens with two attached hydrogens (primary N) is 1. The molecule has 0 unspecified atom stereocenters. The van der Waals surface area contributed by atoms with Crippen molar-refractivity contribution >= 4 is 39.2 Å². The third kappa shape index (κ3) is 11.4. The molecule has 0 aliphatic carbocycles. The molecular formula is C43H67N5O8S. The van der Waals surface area contributed by atoms with Crippen molar-refractivity contribution in [2.75, 3.05) is 40.6 Å². The van der Waals surface area contributed by atoms with Crippen LogP contribution in [0.25, 0.3) is 0 Å². The molecule has 0 radical (unpaired) electrons. The number of amides is 3. The highest BCUT2D eigenvalue weighted by Crippen LogP contribution is 2.33. The summed E-state index contributed by atoms with van der Waals surface area (Å²) < 4.78 is 40.0. The summed E-state index contributed by atoms with van der Waals surface area (Å²) >= 11 is 0. The second kappa shape index (κ2) is 20.7. The molecule has 0 spiro atoms. The fourth-order valence-electron chi connectivity index (χ4n) is 8.40. The van der Waals surface area contributed by atoms with Crippen LogP contribution in [0.5, 0.6) is 0 Å². The van der Waals surface area contributed by atoms with Gasteiger partial charge in [-0.15, -0.1) is 0 Å². The molecule has 1 aliphatic rings. The molecule has 1 fully saturated rings. The number of anilines is 1.